The van der Waals surface area contributed by atoms with Gasteiger partial charge in [-0.1, -0.05) is 25.7 Å². The highest BCUT2D eigenvalue weighted by Crippen LogP contribution is 2.44. The second-order valence-corrected chi connectivity index (χ2v) is 6.97. The van der Waals surface area contributed by atoms with Crippen LogP contribution in [0.1, 0.15) is 40.5 Å². The Bertz CT molecular complexity index is 688. The van der Waals surface area contributed by atoms with Crippen molar-refractivity contribution in [2.75, 3.05) is 0 Å². The van der Waals surface area contributed by atoms with E-state index in [9.17, 15) is 19.5 Å². The Morgan fingerprint density at radius 1 is 1.35 bits per heavy atom. The standard InChI is InChI=1S/C20H26O6/c1-6-8-15(21)20(24)12(4)9-10-14-13(5)19(23)25-16(14)17(20)26-18(22)11(3)7-2/h6-8,12,14,16-17,24H,5,9-10H2,1-4H3/b8-6+,11-7?/t12-,14+,16+,17-,20+/m0/s1. The summed E-state index contributed by atoms with van der Waals surface area (Å²) in [7, 11) is 0. The number of carbonyl (C=O) groups is 3. The van der Waals surface area contributed by atoms with Gasteiger partial charge in [0.2, 0.25) is 0 Å². The number of carbonyl (C=O) groups excluding carboxylic acids is 3. The van der Waals surface area contributed by atoms with Crippen molar-refractivity contribution >= 4 is 17.7 Å². The SMILES string of the molecule is C=C1C(=O)O[C@@H]2[C@@H]1CC[C@H](C)[C@@](O)(C(=O)/C=C/C)[C@H]2OC(=O)C(C)=CC. The Labute approximate surface area is 153 Å². The summed E-state index contributed by atoms with van der Waals surface area (Å²) in [4.78, 5) is 37.2. The van der Waals surface area contributed by atoms with Gasteiger partial charge in [-0.2, -0.15) is 0 Å². The lowest BCUT2D eigenvalue weighted by Crippen LogP contribution is -2.59. The third kappa shape index (κ3) is 3.26. The number of esters is 2. The number of ether oxygens (including phenoxy) is 2. The molecule has 2 fully saturated rings. The number of rotatable bonds is 4. The van der Waals surface area contributed by atoms with Crippen molar-refractivity contribution in [1.82, 2.24) is 0 Å². The van der Waals surface area contributed by atoms with Crippen molar-refractivity contribution in [2.45, 2.75) is 58.3 Å². The van der Waals surface area contributed by atoms with Crippen LogP contribution < -0.4 is 0 Å². The summed E-state index contributed by atoms with van der Waals surface area (Å²) in [6.45, 7) is 10.4. The predicted octanol–water partition coefficient (Wildman–Crippen LogP) is 2.27. The fraction of sp³-hybridized carbons (Fsp3) is 0.550. The summed E-state index contributed by atoms with van der Waals surface area (Å²) >= 11 is 0. The molecule has 1 aliphatic heterocycles. The molecule has 0 bridgehead atoms. The molecular formula is C20H26O6. The Kier molecular flexibility index (Phi) is 5.86. The zero-order valence-corrected chi connectivity index (χ0v) is 15.7. The van der Waals surface area contributed by atoms with Crippen LogP contribution in [0.15, 0.2) is 36.0 Å². The molecule has 6 nitrogen and oxygen atoms in total. The first-order valence-corrected chi connectivity index (χ1v) is 8.81. The van der Waals surface area contributed by atoms with Gasteiger partial charge in [-0.3, -0.25) is 4.79 Å². The number of allylic oxidation sites excluding steroid dienone is 2. The molecule has 0 amide bonds. The van der Waals surface area contributed by atoms with Crippen molar-refractivity contribution in [2.24, 2.45) is 11.8 Å². The second-order valence-electron chi connectivity index (χ2n) is 6.97. The quantitative estimate of drug-likeness (QED) is 0.609. The molecule has 0 aromatic carbocycles. The Hall–Kier alpha value is -2.21. The Morgan fingerprint density at radius 2 is 2.00 bits per heavy atom. The van der Waals surface area contributed by atoms with Crippen LogP contribution in [-0.2, 0) is 23.9 Å². The van der Waals surface area contributed by atoms with Crippen LogP contribution in [0.4, 0.5) is 0 Å². The lowest BCUT2D eigenvalue weighted by atomic mass is 9.78. The molecule has 1 saturated heterocycles. The highest BCUT2D eigenvalue weighted by Gasteiger charge is 2.60. The summed E-state index contributed by atoms with van der Waals surface area (Å²) < 4.78 is 10.9. The van der Waals surface area contributed by atoms with Crippen LogP contribution >= 0.6 is 0 Å². The van der Waals surface area contributed by atoms with E-state index in [4.69, 9.17) is 9.47 Å². The van der Waals surface area contributed by atoms with Gasteiger partial charge in [0.15, 0.2) is 17.5 Å². The largest absolute Gasteiger partial charge is 0.454 e. The molecule has 26 heavy (non-hydrogen) atoms. The molecule has 0 radical (unpaired) electrons. The molecule has 142 valence electrons. The number of hydrogen-bond acceptors (Lipinski definition) is 6. The van der Waals surface area contributed by atoms with Crippen LogP contribution in [-0.4, -0.2) is 40.6 Å². The van der Waals surface area contributed by atoms with E-state index in [2.05, 4.69) is 6.58 Å². The lowest BCUT2D eigenvalue weighted by molar-refractivity contribution is -0.192. The minimum atomic E-state index is -1.99. The van der Waals surface area contributed by atoms with E-state index in [-0.39, 0.29) is 5.57 Å². The van der Waals surface area contributed by atoms with Crippen molar-refractivity contribution in [3.05, 3.63) is 36.0 Å². The maximum Gasteiger partial charge on any atom is 0.334 e. The molecule has 5 atom stereocenters. The minimum absolute atomic E-state index is 0.286. The van der Waals surface area contributed by atoms with Gasteiger partial charge in [-0.05, 0) is 45.6 Å². The highest BCUT2D eigenvalue weighted by molar-refractivity contribution is 5.99. The van der Waals surface area contributed by atoms with E-state index in [0.29, 0.717) is 18.4 Å². The van der Waals surface area contributed by atoms with Crippen molar-refractivity contribution < 1.29 is 29.0 Å². The molecule has 1 N–H and O–H groups in total. The van der Waals surface area contributed by atoms with Crippen LogP contribution in [0.2, 0.25) is 0 Å². The first kappa shape index (κ1) is 20.1. The molecule has 6 heteroatoms. The molecule has 1 aliphatic carbocycles. The molecule has 1 heterocycles. The molecule has 2 aliphatic rings. The van der Waals surface area contributed by atoms with Gasteiger partial charge >= 0.3 is 11.9 Å². The first-order valence-electron chi connectivity index (χ1n) is 8.81. The number of hydrogen-bond donors (Lipinski definition) is 1. The van der Waals surface area contributed by atoms with Crippen molar-refractivity contribution in [3.8, 4) is 0 Å². The molecule has 0 unspecified atom stereocenters. The minimum Gasteiger partial charge on any atom is -0.454 e. The number of aliphatic hydroxyl groups is 1. The average Bonchev–Trinajstić information content (AvgIpc) is 2.84. The van der Waals surface area contributed by atoms with Gasteiger partial charge < -0.3 is 14.6 Å². The van der Waals surface area contributed by atoms with E-state index in [0.717, 1.165) is 0 Å². The maximum absolute atomic E-state index is 12.8. The summed E-state index contributed by atoms with van der Waals surface area (Å²) in [6.07, 6.45) is 3.08. The van der Waals surface area contributed by atoms with Crippen LogP contribution in [0.3, 0.4) is 0 Å². The molecule has 2 rings (SSSR count). The average molecular weight is 362 g/mol. The Balaban J connectivity index is 2.55. The normalized spacial score (nSPS) is 35.0. The number of ketones is 1. The summed E-state index contributed by atoms with van der Waals surface area (Å²) in [5.41, 5.74) is -1.36. The maximum atomic E-state index is 12.8. The van der Waals surface area contributed by atoms with E-state index in [1.165, 1.54) is 12.2 Å². The fourth-order valence-corrected chi connectivity index (χ4v) is 3.57. The smallest absolute Gasteiger partial charge is 0.334 e. The molecule has 1 saturated carbocycles. The van der Waals surface area contributed by atoms with Gasteiger partial charge in [0.1, 0.15) is 6.10 Å². The van der Waals surface area contributed by atoms with Gasteiger partial charge in [0, 0.05) is 17.1 Å². The zero-order valence-electron chi connectivity index (χ0n) is 15.7. The van der Waals surface area contributed by atoms with Crippen molar-refractivity contribution in [3.63, 3.8) is 0 Å². The van der Waals surface area contributed by atoms with E-state index >= 15 is 0 Å². The summed E-state index contributed by atoms with van der Waals surface area (Å²) in [5.74, 6) is -2.71. The van der Waals surface area contributed by atoms with Gasteiger partial charge in [-0.25, -0.2) is 9.59 Å². The highest BCUT2D eigenvalue weighted by atomic mass is 16.6. The van der Waals surface area contributed by atoms with Crippen LogP contribution in [0.5, 0.6) is 0 Å². The second kappa shape index (κ2) is 7.58. The van der Waals surface area contributed by atoms with Crippen LogP contribution in [0.25, 0.3) is 0 Å². The topological polar surface area (TPSA) is 89.9 Å². The molecule has 0 aromatic rings. The van der Waals surface area contributed by atoms with Gasteiger partial charge in [0.05, 0.1) is 0 Å². The first-order chi connectivity index (χ1) is 12.2. The van der Waals surface area contributed by atoms with E-state index in [1.54, 1.807) is 33.8 Å². The molecular weight excluding hydrogens is 336 g/mol. The third-order valence-corrected chi connectivity index (χ3v) is 5.45. The Morgan fingerprint density at radius 3 is 2.58 bits per heavy atom. The van der Waals surface area contributed by atoms with Gasteiger partial charge in [0.25, 0.3) is 0 Å². The van der Waals surface area contributed by atoms with E-state index < -0.39 is 47.4 Å². The fourth-order valence-electron chi connectivity index (χ4n) is 3.57. The van der Waals surface area contributed by atoms with E-state index in [1.807, 2.05) is 0 Å². The molecule has 0 spiro atoms. The summed E-state index contributed by atoms with van der Waals surface area (Å²) in [6, 6.07) is 0. The third-order valence-electron chi connectivity index (χ3n) is 5.45. The zero-order chi connectivity index (χ0) is 19.6. The van der Waals surface area contributed by atoms with Crippen LogP contribution in [0, 0.1) is 11.8 Å². The van der Waals surface area contributed by atoms with Gasteiger partial charge in [-0.15, -0.1) is 0 Å². The predicted molar refractivity (Wildman–Crippen MR) is 95.0 cm³/mol. The monoisotopic (exact) mass is 362 g/mol. The lowest BCUT2D eigenvalue weighted by Gasteiger charge is -2.38. The molecule has 0 aromatic heterocycles. The number of fused-ring (bicyclic) bond motifs is 1. The van der Waals surface area contributed by atoms with Crippen molar-refractivity contribution in [1.29, 1.82) is 0 Å². The summed E-state index contributed by atoms with van der Waals surface area (Å²) in [5, 5.41) is 11.4.